The lowest BCUT2D eigenvalue weighted by Gasteiger charge is -2.59. The first kappa shape index (κ1) is 25.7. The lowest BCUT2D eigenvalue weighted by atomic mass is 9.82. The molecule has 1 unspecified atom stereocenters. The quantitative estimate of drug-likeness (QED) is 0.630. The van der Waals surface area contributed by atoms with Gasteiger partial charge in [-0.3, -0.25) is 14.5 Å². The fourth-order valence-electron chi connectivity index (χ4n) is 5.25. The Morgan fingerprint density at radius 1 is 1.16 bits per heavy atom. The molecule has 196 valence electrons. The summed E-state index contributed by atoms with van der Waals surface area (Å²) in [5.74, 6) is -1.97. The number of piperazine rings is 1. The molecule has 1 N–H and O–H groups in total. The van der Waals surface area contributed by atoms with Crippen molar-refractivity contribution >= 4 is 46.9 Å². The minimum atomic E-state index is -1.38. The highest BCUT2D eigenvalue weighted by atomic mass is 35.5. The first-order valence-electron chi connectivity index (χ1n) is 12.0. The fourth-order valence-corrected chi connectivity index (χ4v) is 5.53. The Hall–Kier alpha value is -2.95. The second-order valence-electron chi connectivity index (χ2n) is 9.57. The number of rotatable bonds is 4. The number of benzene rings is 1. The number of ether oxygens (including phenoxy) is 1. The largest absolute Gasteiger partial charge is 0.381 e. The highest BCUT2D eigenvalue weighted by Gasteiger charge is 2.62. The highest BCUT2D eigenvalue weighted by Crippen LogP contribution is 2.41. The van der Waals surface area contributed by atoms with Crippen LogP contribution in [0, 0.1) is 5.82 Å². The van der Waals surface area contributed by atoms with Crippen LogP contribution in [0.15, 0.2) is 36.5 Å². The van der Waals surface area contributed by atoms with E-state index >= 15 is 0 Å². The number of likely N-dealkylation sites (tertiary alicyclic amines) is 1. The minimum Gasteiger partial charge on any atom is -0.381 e. The number of aromatic nitrogens is 1. The van der Waals surface area contributed by atoms with Crippen LogP contribution < -0.4 is 10.2 Å². The normalized spacial score (nSPS) is 20.7. The van der Waals surface area contributed by atoms with E-state index in [2.05, 4.69) is 10.3 Å². The topological polar surface area (TPSA) is 95.1 Å². The number of pyridine rings is 1. The van der Waals surface area contributed by atoms with Crippen molar-refractivity contribution in [1.82, 2.24) is 20.1 Å². The molecular formula is C25H26Cl2FN5O4. The van der Waals surface area contributed by atoms with Crippen LogP contribution >= 0.6 is 23.2 Å². The molecular weight excluding hydrogens is 524 g/mol. The predicted molar refractivity (Wildman–Crippen MR) is 135 cm³/mol. The zero-order valence-electron chi connectivity index (χ0n) is 20.1. The summed E-state index contributed by atoms with van der Waals surface area (Å²) in [6.07, 6.45) is 2.63. The predicted octanol–water partition coefficient (Wildman–Crippen LogP) is 3.41. The second-order valence-corrected chi connectivity index (χ2v) is 10.4. The lowest BCUT2D eigenvalue weighted by Crippen LogP contribution is -2.82. The molecule has 9 nitrogen and oxygen atoms in total. The van der Waals surface area contributed by atoms with Gasteiger partial charge in [-0.1, -0.05) is 35.3 Å². The maximum Gasteiger partial charge on any atom is 0.317 e. The third-order valence-corrected chi connectivity index (χ3v) is 7.65. The van der Waals surface area contributed by atoms with Crippen LogP contribution in [0.25, 0.3) is 0 Å². The Balaban J connectivity index is 1.45. The van der Waals surface area contributed by atoms with E-state index < -0.39 is 29.8 Å². The summed E-state index contributed by atoms with van der Waals surface area (Å²) in [4.78, 5) is 48.6. The number of amides is 4. The fraction of sp³-hybridized carbons (Fsp3) is 0.440. The molecule has 3 saturated heterocycles. The Labute approximate surface area is 223 Å². The molecule has 3 aliphatic rings. The molecule has 4 amide bonds. The summed E-state index contributed by atoms with van der Waals surface area (Å²) in [7, 11) is 0. The Bertz CT molecular complexity index is 1220. The number of carbonyl (C=O) groups is 3. The molecule has 0 saturated carbocycles. The van der Waals surface area contributed by atoms with Crippen LogP contribution in [0.2, 0.25) is 10.0 Å². The van der Waals surface area contributed by atoms with Gasteiger partial charge in [-0.2, -0.15) is 0 Å². The van der Waals surface area contributed by atoms with E-state index in [1.165, 1.54) is 16.0 Å². The first-order chi connectivity index (χ1) is 17.7. The molecule has 5 rings (SSSR count). The molecule has 12 heteroatoms. The van der Waals surface area contributed by atoms with Crippen molar-refractivity contribution in [3.63, 3.8) is 0 Å². The van der Waals surface area contributed by atoms with Crippen molar-refractivity contribution < 1.29 is 23.5 Å². The van der Waals surface area contributed by atoms with E-state index in [1.54, 1.807) is 24.3 Å². The van der Waals surface area contributed by atoms with E-state index in [4.69, 9.17) is 27.9 Å². The summed E-state index contributed by atoms with van der Waals surface area (Å²) < 4.78 is 20.1. The molecule has 3 aliphatic heterocycles. The number of nitrogens with one attached hydrogen (secondary N) is 1. The van der Waals surface area contributed by atoms with E-state index in [1.807, 2.05) is 6.92 Å². The van der Waals surface area contributed by atoms with Gasteiger partial charge in [0.05, 0.1) is 24.2 Å². The summed E-state index contributed by atoms with van der Waals surface area (Å²) in [6.45, 7) is 2.51. The Kier molecular flexibility index (Phi) is 6.99. The molecule has 37 heavy (non-hydrogen) atoms. The van der Waals surface area contributed by atoms with Crippen molar-refractivity contribution in [2.24, 2.45) is 0 Å². The molecule has 0 aliphatic carbocycles. The van der Waals surface area contributed by atoms with Gasteiger partial charge in [-0.25, -0.2) is 14.2 Å². The number of halogens is 3. The SMILES string of the molecule is CC(c1ccc(Cl)cc1)N1C(=O)CN(c2ncc(Cl)cc2F)C(=O)C12CN(C(=O)NC1CCOCC1)C2. The minimum absolute atomic E-state index is 0.0190. The molecule has 2 aromatic rings. The van der Waals surface area contributed by atoms with E-state index in [0.29, 0.717) is 31.1 Å². The molecule has 1 atom stereocenters. The van der Waals surface area contributed by atoms with Crippen LogP contribution in [0.5, 0.6) is 0 Å². The summed E-state index contributed by atoms with van der Waals surface area (Å²) in [6, 6.07) is 7.22. The van der Waals surface area contributed by atoms with E-state index in [0.717, 1.165) is 16.5 Å². The average Bonchev–Trinajstić information content (AvgIpc) is 2.84. The molecule has 1 spiro atoms. The van der Waals surface area contributed by atoms with Crippen molar-refractivity contribution in [2.75, 3.05) is 37.7 Å². The third-order valence-electron chi connectivity index (χ3n) is 7.19. The zero-order valence-corrected chi connectivity index (χ0v) is 21.6. The number of urea groups is 1. The molecule has 4 heterocycles. The second kappa shape index (κ2) is 10.1. The van der Waals surface area contributed by atoms with E-state index in [-0.39, 0.29) is 41.9 Å². The number of nitrogens with zero attached hydrogens (tertiary/aromatic N) is 4. The van der Waals surface area contributed by atoms with E-state index in [9.17, 15) is 18.8 Å². The highest BCUT2D eigenvalue weighted by molar-refractivity contribution is 6.30. The van der Waals surface area contributed by atoms with Gasteiger partial charge in [0.2, 0.25) is 5.91 Å². The van der Waals surface area contributed by atoms with Gasteiger partial charge in [0.25, 0.3) is 5.91 Å². The smallest absolute Gasteiger partial charge is 0.317 e. The van der Waals surface area contributed by atoms with Crippen LogP contribution in [-0.2, 0) is 14.3 Å². The summed E-state index contributed by atoms with van der Waals surface area (Å²) in [5.41, 5.74) is -0.603. The molecule has 1 aromatic carbocycles. The first-order valence-corrected chi connectivity index (χ1v) is 12.8. The number of hydrogen-bond acceptors (Lipinski definition) is 5. The standard InChI is InChI=1S/C25H26Cl2FN5O4/c1-15(16-2-4-17(26)5-3-16)33-21(34)12-32(22-20(28)10-18(27)11-29-22)23(35)25(33)13-31(14-25)24(36)30-19-6-8-37-9-7-19/h2-5,10-11,15,19H,6-9,12-14H2,1H3,(H,30,36). The molecule has 0 radical (unpaired) electrons. The number of hydrogen-bond donors (Lipinski definition) is 1. The number of anilines is 1. The van der Waals surface area contributed by atoms with Gasteiger partial charge in [-0.15, -0.1) is 0 Å². The Morgan fingerprint density at radius 2 is 1.84 bits per heavy atom. The van der Waals surface area contributed by atoms with Crippen molar-refractivity contribution in [2.45, 2.75) is 37.4 Å². The third kappa shape index (κ3) is 4.73. The molecule has 0 bridgehead atoms. The van der Waals surface area contributed by atoms with Gasteiger partial charge in [-0.05, 0) is 43.5 Å². The van der Waals surface area contributed by atoms with Gasteiger partial charge >= 0.3 is 6.03 Å². The summed E-state index contributed by atoms with van der Waals surface area (Å²) in [5, 5.41) is 3.60. The molecule has 3 fully saturated rings. The Morgan fingerprint density at radius 3 is 2.49 bits per heavy atom. The maximum atomic E-state index is 14.8. The monoisotopic (exact) mass is 549 g/mol. The van der Waals surface area contributed by atoms with Crippen molar-refractivity contribution in [3.8, 4) is 0 Å². The van der Waals surface area contributed by atoms with Crippen LogP contribution in [0.4, 0.5) is 15.0 Å². The van der Waals surface area contributed by atoms with Gasteiger partial charge in [0.15, 0.2) is 17.2 Å². The van der Waals surface area contributed by atoms with Crippen molar-refractivity contribution in [3.05, 3.63) is 58.0 Å². The van der Waals surface area contributed by atoms with Gasteiger partial charge < -0.3 is 19.9 Å². The molecule has 1 aromatic heterocycles. The number of carbonyl (C=O) groups excluding carboxylic acids is 3. The maximum absolute atomic E-state index is 14.8. The van der Waals surface area contributed by atoms with Gasteiger partial charge in [0, 0.05) is 30.5 Å². The summed E-state index contributed by atoms with van der Waals surface area (Å²) >= 11 is 11.9. The van der Waals surface area contributed by atoms with Gasteiger partial charge in [0.1, 0.15) is 6.54 Å². The van der Waals surface area contributed by atoms with Crippen LogP contribution in [-0.4, -0.2) is 77.1 Å². The average molecular weight is 550 g/mol. The van der Waals surface area contributed by atoms with Crippen LogP contribution in [0.1, 0.15) is 31.4 Å². The zero-order chi connectivity index (χ0) is 26.3. The van der Waals surface area contributed by atoms with Crippen molar-refractivity contribution in [1.29, 1.82) is 0 Å². The van der Waals surface area contributed by atoms with Crippen LogP contribution in [0.3, 0.4) is 0 Å². The lowest BCUT2D eigenvalue weighted by molar-refractivity contribution is -0.164.